The zero-order valence-corrected chi connectivity index (χ0v) is 25.9. The number of benzene rings is 1. The minimum absolute atomic E-state index is 0.0236. The van der Waals surface area contributed by atoms with Crippen molar-refractivity contribution in [2.24, 2.45) is 23.2 Å². The van der Waals surface area contributed by atoms with Crippen molar-refractivity contribution in [2.75, 3.05) is 33.7 Å². The first kappa shape index (κ1) is 31.3. The minimum atomic E-state index is -1.19. The summed E-state index contributed by atoms with van der Waals surface area (Å²) in [5, 5.41) is 2.95. The lowest BCUT2D eigenvalue weighted by molar-refractivity contribution is -0.182. The third-order valence-corrected chi connectivity index (χ3v) is 8.94. The first-order valence-electron chi connectivity index (χ1n) is 15.8. The Morgan fingerprint density at radius 1 is 1.14 bits per heavy atom. The van der Waals surface area contributed by atoms with Crippen molar-refractivity contribution in [2.45, 2.75) is 84.5 Å². The van der Waals surface area contributed by atoms with Crippen LogP contribution < -0.4 is 14.8 Å². The molecule has 0 radical (unpaired) electrons. The van der Waals surface area contributed by atoms with Crippen molar-refractivity contribution in [3.05, 3.63) is 35.5 Å². The van der Waals surface area contributed by atoms with Gasteiger partial charge < -0.3 is 33.9 Å². The number of carbonyl (C=O) groups excluding carboxylic acids is 3. The van der Waals surface area contributed by atoms with Crippen molar-refractivity contribution >= 4 is 17.8 Å². The van der Waals surface area contributed by atoms with Gasteiger partial charge >= 0.3 is 5.97 Å². The Morgan fingerprint density at radius 3 is 2.63 bits per heavy atom. The zero-order chi connectivity index (χ0) is 30.6. The molecule has 3 heterocycles. The molecule has 1 aliphatic carbocycles. The van der Waals surface area contributed by atoms with Gasteiger partial charge in [0.2, 0.25) is 18.6 Å². The fraction of sp³-hybridized carbons (Fsp3) is 0.667. The van der Waals surface area contributed by atoms with Gasteiger partial charge in [-0.3, -0.25) is 14.4 Å². The van der Waals surface area contributed by atoms with Crippen LogP contribution in [0.25, 0.3) is 0 Å². The minimum Gasteiger partial charge on any atom is -0.468 e. The molecule has 1 saturated carbocycles. The number of fused-ring (bicyclic) bond motifs is 2. The number of hydrogen-bond donors (Lipinski definition) is 1. The van der Waals surface area contributed by atoms with Crippen LogP contribution in [0, 0.1) is 23.2 Å². The quantitative estimate of drug-likeness (QED) is 0.249. The number of nitrogens with zero attached hydrogens (tertiary/aromatic N) is 1. The standard InChI is InChI=1S/C33H46N2O8/c1-5-6-13-40-14-7-12-34-29(36)16-24-18-33(32(38)39-4)28(17-26(21(2)3)43-30(33)23-9-10-23)35(31(24)37)19-22-8-11-25-27(15-22)42-20-41-25/h8,11,15,17,21,23-24,26,30H,5-7,9-10,12-14,16,18-20H2,1-4H3,(H,34,36)/t24-,26+,30+,33+/m0/s1. The fourth-order valence-electron chi connectivity index (χ4n) is 6.48. The maximum Gasteiger partial charge on any atom is 0.320 e. The van der Waals surface area contributed by atoms with E-state index in [2.05, 4.69) is 26.1 Å². The van der Waals surface area contributed by atoms with E-state index in [1.165, 1.54) is 7.11 Å². The van der Waals surface area contributed by atoms with Gasteiger partial charge in [-0.1, -0.05) is 33.3 Å². The first-order valence-corrected chi connectivity index (χ1v) is 15.8. The number of esters is 1. The van der Waals surface area contributed by atoms with Crippen molar-refractivity contribution < 1.29 is 38.1 Å². The molecule has 4 aliphatic rings. The molecule has 43 heavy (non-hydrogen) atoms. The van der Waals surface area contributed by atoms with E-state index in [1.54, 1.807) is 4.90 Å². The predicted octanol–water partition coefficient (Wildman–Crippen LogP) is 4.35. The van der Waals surface area contributed by atoms with Crippen LogP contribution in [0.1, 0.15) is 71.3 Å². The van der Waals surface area contributed by atoms with Gasteiger partial charge in [0.25, 0.3) is 0 Å². The van der Waals surface area contributed by atoms with Crippen molar-refractivity contribution in [3.63, 3.8) is 0 Å². The lowest BCUT2D eigenvalue weighted by atomic mass is 9.64. The fourth-order valence-corrected chi connectivity index (χ4v) is 6.48. The van der Waals surface area contributed by atoms with Gasteiger partial charge in [-0.15, -0.1) is 0 Å². The number of nitrogens with one attached hydrogen (secondary N) is 1. The molecular formula is C33H46N2O8. The van der Waals surface area contributed by atoms with Crippen molar-refractivity contribution in [3.8, 4) is 11.5 Å². The highest BCUT2D eigenvalue weighted by Gasteiger charge is 2.63. The Hall–Kier alpha value is -3.11. The summed E-state index contributed by atoms with van der Waals surface area (Å²) >= 11 is 0. The largest absolute Gasteiger partial charge is 0.468 e. The van der Waals surface area contributed by atoms with Gasteiger partial charge in [-0.05, 0) is 67.7 Å². The van der Waals surface area contributed by atoms with Gasteiger partial charge in [-0.25, -0.2) is 0 Å². The molecule has 0 spiro atoms. The summed E-state index contributed by atoms with van der Waals surface area (Å²) in [5.74, 6) is 0.0625. The van der Waals surface area contributed by atoms with Crippen LogP contribution in [-0.2, 0) is 35.1 Å². The third kappa shape index (κ3) is 6.70. The maximum atomic E-state index is 14.3. The van der Waals surface area contributed by atoms with E-state index < -0.39 is 23.4 Å². The number of piperidine rings is 1. The number of carbonyl (C=O) groups is 3. The second kappa shape index (κ2) is 13.7. The lowest BCUT2D eigenvalue weighted by Crippen LogP contribution is -2.61. The van der Waals surface area contributed by atoms with E-state index in [0.717, 1.165) is 31.2 Å². The van der Waals surface area contributed by atoms with Crippen molar-refractivity contribution in [1.82, 2.24) is 10.2 Å². The number of methoxy groups -OCH3 is 1. The molecule has 1 N–H and O–H groups in total. The first-order chi connectivity index (χ1) is 20.8. The third-order valence-electron chi connectivity index (χ3n) is 8.94. The summed E-state index contributed by atoms with van der Waals surface area (Å²) in [4.78, 5) is 43.0. The summed E-state index contributed by atoms with van der Waals surface area (Å²) < 4.78 is 28.8. The summed E-state index contributed by atoms with van der Waals surface area (Å²) in [7, 11) is 1.39. The number of likely N-dealkylation sites (tertiary alicyclic amines) is 1. The van der Waals surface area contributed by atoms with E-state index in [0.29, 0.717) is 43.4 Å². The molecular weight excluding hydrogens is 552 g/mol. The smallest absolute Gasteiger partial charge is 0.320 e. The monoisotopic (exact) mass is 598 g/mol. The highest BCUT2D eigenvalue weighted by Crippen LogP contribution is 2.56. The predicted molar refractivity (Wildman–Crippen MR) is 158 cm³/mol. The van der Waals surface area contributed by atoms with Crippen LogP contribution in [0.5, 0.6) is 11.5 Å². The molecule has 1 aromatic rings. The van der Waals surface area contributed by atoms with E-state index >= 15 is 0 Å². The zero-order valence-electron chi connectivity index (χ0n) is 25.9. The highest BCUT2D eigenvalue weighted by atomic mass is 16.7. The maximum absolute atomic E-state index is 14.3. The van der Waals surface area contributed by atoms with E-state index in [9.17, 15) is 14.4 Å². The number of ether oxygens (including phenoxy) is 5. The molecule has 0 bridgehead atoms. The summed E-state index contributed by atoms with van der Waals surface area (Å²) in [6.45, 7) is 8.38. The van der Waals surface area contributed by atoms with Gasteiger partial charge in [0.1, 0.15) is 5.41 Å². The Kier molecular flexibility index (Phi) is 9.96. The topological polar surface area (TPSA) is 113 Å². The summed E-state index contributed by atoms with van der Waals surface area (Å²) in [6, 6.07) is 5.60. The van der Waals surface area contributed by atoms with Crippen LogP contribution in [0.2, 0.25) is 0 Å². The Labute approximate surface area is 254 Å². The molecule has 3 aliphatic heterocycles. The van der Waals surface area contributed by atoms with E-state index in [4.69, 9.17) is 23.7 Å². The average molecular weight is 599 g/mol. The molecule has 0 unspecified atom stereocenters. The second-order valence-electron chi connectivity index (χ2n) is 12.5. The Balaban J connectivity index is 1.43. The van der Waals surface area contributed by atoms with Crippen LogP contribution in [-0.4, -0.2) is 68.6 Å². The molecule has 2 fully saturated rings. The normalized spacial score (nSPS) is 26.3. The van der Waals surface area contributed by atoms with Gasteiger partial charge in [-0.2, -0.15) is 0 Å². The summed E-state index contributed by atoms with van der Waals surface area (Å²) in [6.07, 6.45) is 6.07. The van der Waals surface area contributed by atoms with Crippen molar-refractivity contribution in [1.29, 1.82) is 0 Å². The molecule has 5 rings (SSSR count). The molecule has 1 aromatic carbocycles. The lowest BCUT2D eigenvalue weighted by Gasteiger charge is -2.53. The molecule has 10 heteroatoms. The van der Waals surface area contributed by atoms with Crippen LogP contribution >= 0.6 is 0 Å². The highest BCUT2D eigenvalue weighted by molar-refractivity contribution is 5.92. The van der Waals surface area contributed by atoms with Gasteiger partial charge in [0.05, 0.1) is 25.9 Å². The van der Waals surface area contributed by atoms with E-state index in [1.807, 2.05) is 24.3 Å². The SMILES string of the molecule is CCCCOCCCNC(=O)C[C@H]1C[C@@]2(C(=O)OC)C(=C[C@H](C(C)C)O[C@@H]2C2CC2)N(Cc2ccc3c(c2)OCO3)C1=O. The summed E-state index contributed by atoms with van der Waals surface area (Å²) in [5.41, 5.74) is 0.273. The number of rotatable bonds is 14. The van der Waals surface area contributed by atoms with Gasteiger partial charge in [0, 0.05) is 37.8 Å². The number of unbranched alkanes of at least 4 members (excludes halogenated alkanes) is 1. The molecule has 0 aromatic heterocycles. The van der Waals surface area contributed by atoms with Crippen LogP contribution in [0.15, 0.2) is 30.0 Å². The number of amides is 2. The van der Waals surface area contributed by atoms with E-state index in [-0.39, 0.29) is 55.9 Å². The molecule has 2 amide bonds. The Bertz CT molecular complexity index is 1210. The molecule has 236 valence electrons. The second-order valence-corrected chi connectivity index (χ2v) is 12.5. The Morgan fingerprint density at radius 2 is 1.91 bits per heavy atom. The molecule has 4 atom stereocenters. The molecule has 10 nitrogen and oxygen atoms in total. The van der Waals surface area contributed by atoms with Crippen LogP contribution in [0.4, 0.5) is 0 Å². The number of hydrogen-bond acceptors (Lipinski definition) is 8. The average Bonchev–Trinajstić information content (AvgIpc) is 3.74. The molecule has 1 saturated heterocycles. The van der Waals surface area contributed by atoms with Gasteiger partial charge in [0.15, 0.2) is 11.5 Å². The van der Waals surface area contributed by atoms with Crippen LogP contribution in [0.3, 0.4) is 0 Å².